The standard InChI is InChI=1S/C13H20N2O3/c1-5-13(4,14)8-18-12-7-10(3)9(2)6-11(12)15(16)17/h6-7H,5,8,14H2,1-4H3. The fraction of sp³-hybridized carbons (Fsp3) is 0.538. The molecule has 0 bridgehead atoms. The van der Waals surface area contributed by atoms with E-state index in [-0.39, 0.29) is 18.0 Å². The van der Waals surface area contributed by atoms with E-state index in [2.05, 4.69) is 0 Å². The van der Waals surface area contributed by atoms with Crippen LogP contribution in [-0.4, -0.2) is 17.1 Å². The zero-order valence-electron chi connectivity index (χ0n) is 11.3. The molecular weight excluding hydrogens is 232 g/mol. The molecule has 1 atom stereocenters. The molecule has 0 radical (unpaired) electrons. The predicted octanol–water partition coefficient (Wildman–Crippen LogP) is 2.72. The molecule has 0 saturated heterocycles. The van der Waals surface area contributed by atoms with E-state index >= 15 is 0 Å². The Morgan fingerprint density at radius 1 is 1.39 bits per heavy atom. The number of ether oxygens (including phenoxy) is 1. The Morgan fingerprint density at radius 2 is 1.94 bits per heavy atom. The Hall–Kier alpha value is -1.62. The molecule has 1 rings (SSSR count). The third kappa shape index (κ3) is 3.43. The van der Waals surface area contributed by atoms with Crippen LogP contribution in [-0.2, 0) is 0 Å². The number of rotatable bonds is 5. The second-order valence-corrected chi connectivity index (χ2v) is 4.96. The molecule has 0 aromatic heterocycles. The third-order valence-electron chi connectivity index (χ3n) is 3.14. The summed E-state index contributed by atoms with van der Waals surface area (Å²) in [5.41, 5.74) is 7.31. The van der Waals surface area contributed by atoms with Gasteiger partial charge in [-0.15, -0.1) is 0 Å². The van der Waals surface area contributed by atoms with Gasteiger partial charge in [0.1, 0.15) is 6.61 Å². The highest BCUT2D eigenvalue weighted by Crippen LogP contribution is 2.30. The minimum Gasteiger partial charge on any atom is -0.485 e. The Balaban J connectivity index is 3.01. The average Bonchev–Trinajstić information content (AvgIpc) is 2.30. The molecule has 0 aliphatic carbocycles. The molecule has 0 fully saturated rings. The van der Waals surface area contributed by atoms with Crippen molar-refractivity contribution in [3.8, 4) is 5.75 Å². The van der Waals surface area contributed by atoms with Gasteiger partial charge >= 0.3 is 5.69 Å². The van der Waals surface area contributed by atoms with Gasteiger partial charge < -0.3 is 10.5 Å². The van der Waals surface area contributed by atoms with Crippen LogP contribution in [0.3, 0.4) is 0 Å². The number of nitro benzene ring substituents is 1. The molecule has 1 unspecified atom stereocenters. The molecule has 0 saturated carbocycles. The lowest BCUT2D eigenvalue weighted by atomic mass is 10.0. The van der Waals surface area contributed by atoms with Crippen LogP contribution in [0.15, 0.2) is 12.1 Å². The maximum Gasteiger partial charge on any atom is 0.311 e. The first-order chi connectivity index (χ1) is 8.26. The van der Waals surface area contributed by atoms with E-state index in [1.807, 2.05) is 27.7 Å². The van der Waals surface area contributed by atoms with Crippen molar-refractivity contribution in [3.05, 3.63) is 33.4 Å². The number of nitrogens with two attached hydrogens (primary N) is 1. The predicted molar refractivity (Wildman–Crippen MR) is 70.9 cm³/mol. The van der Waals surface area contributed by atoms with Gasteiger partial charge in [-0.3, -0.25) is 10.1 Å². The monoisotopic (exact) mass is 252 g/mol. The summed E-state index contributed by atoms with van der Waals surface area (Å²) < 4.78 is 5.52. The summed E-state index contributed by atoms with van der Waals surface area (Å²) in [6.45, 7) is 7.81. The van der Waals surface area contributed by atoms with Crippen molar-refractivity contribution >= 4 is 5.69 Å². The van der Waals surface area contributed by atoms with E-state index in [9.17, 15) is 10.1 Å². The van der Waals surface area contributed by atoms with Crippen molar-refractivity contribution in [1.29, 1.82) is 0 Å². The minimum absolute atomic E-state index is 0.00926. The molecular formula is C13H20N2O3. The minimum atomic E-state index is -0.480. The van der Waals surface area contributed by atoms with Crippen LogP contribution in [0.4, 0.5) is 5.69 Å². The number of aryl methyl sites for hydroxylation is 2. The summed E-state index contributed by atoms with van der Waals surface area (Å²) >= 11 is 0. The normalized spacial score (nSPS) is 14.1. The number of hydrogen-bond acceptors (Lipinski definition) is 4. The molecule has 0 heterocycles. The Labute approximate surface area is 107 Å². The van der Waals surface area contributed by atoms with Gasteiger partial charge in [-0.25, -0.2) is 0 Å². The van der Waals surface area contributed by atoms with Gasteiger partial charge in [0.15, 0.2) is 5.75 Å². The van der Waals surface area contributed by atoms with Crippen LogP contribution in [0.25, 0.3) is 0 Å². The lowest BCUT2D eigenvalue weighted by molar-refractivity contribution is -0.386. The highest BCUT2D eigenvalue weighted by Gasteiger charge is 2.21. The Kier molecular flexibility index (Phi) is 4.29. The molecule has 0 aliphatic rings. The first-order valence-corrected chi connectivity index (χ1v) is 5.94. The largest absolute Gasteiger partial charge is 0.485 e. The van der Waals surface area contributed by atoms with Gasteiger partial charge in [0, 0.05) is 11.6 Å². The lowest BCUT2D eigenvalue weighted by Gasteiger charge is -2.22. The van der Waals surface area contributed by atoms with Gasteiger partial charge in [-0.05, 0) is 44.4 Å². The van der Waals surface area contributed by atoms with Crippen LogP contribution in [0.5, 0.6) is 5.75 Å². The fourth-order valence-electron chi connectivity index (χ4n) is 1.38. The van der Waals surface area contributed by atoms with Crippen molar-refractivity contribution in [2.45, 2.75) is 39.7 Å². The number of benzene rings is 1. The zero-order valence-corrected chi connectivity index (χ0v) is 11.3. The Morgan fingerprint density at radius 3 is 2.44 bits per heavy atom. The topological polar surface area (TPSA) is 78.4 Å². The number of nitrogens with zero attached hydrogens (tertiary/aromatic N) is 1. The van der Waals surface area contributed by atoms with Crippen molar-refractivity contribution in [1.82, 2.24) is 0 Å². The molecule has 2 N–H and O–H groups in total. The maximum absolute atomic E-state index is 11.0. The van der Waals surface area contributed by atoms with Crippen LogP contribution in [0.2, 0.25) is 0 Å². The summed E-state index contributed by atoms with van der Waals surface area (Å²) in [6.07, 6.45) is 0.742. The zero-order chi connectivity index (χ0) is 13.9. The second kappa shape index (κ2) is 5.35. The molecule has 0 amide bonds. The molecule has 100 valence electrons. The Bertz CT molecular complexity index is 456. The van der Waals surface area contributed by atoms with Gasteiger partial charge in [0.2, 0.25) is 0 Å². The van der Waals surface area contributed by atoms with Crippen LogP contribution in [0.1, 0.15) is 31.4 Å². The molecule has 5 heteroatoms. The molecule has 1 aromatic carbocycles. The summed E-state index contributed by atoms with van der Waals surface area (Å²) in [4.78, 5) is 10.5. The van der Waals surface area contributed by atoms with Crippen molar-refractivity contribution in [2.24, 2.45) is 5.73 Å². The third-order valence-corrected chi connectivity index (χ3v) is 3.14. The average molecular weight is 252 g/mol. The first-order valence-electron chi connectivity index (χ1n) is 5.94. The fourth-order valence-corrected chi connectivity index (χ4v) is 1.38. The lowest BCUT2D eigenvalue weighted by Crippen LogP contribution is -2.41. The summed E-state index contributed by atoms with van der Waals surface area (Å²) in [6, 6.07) is 3.23. The highest BCUT2D eigenvalue weighted by molar-refractivity contribution is 5.51. The second-order valence-electron chi connectivity index (χ2n) is 4.96. The van der Waals surface area contributed by atoms with Gasteiger partial charge in [-0.1, -0.05) is 6.92 Å². The molecule has 0 aliphatic heterocycles. The summed E-state index contributed by atoms with van der Waals surface area (Å²) in [7, 11) is 0. The number of nitro groups is 1. The van der Waals surface area contributed by atoms with Crippen molar-refractivity contribution in [3.63, 3.8) is 0 Å². The molecule has 1 aromatic rings. The van der Waals surface area contributed by atoms with E-state index < -0.39 is 10.5 Å². The van der Waals surface area contributed by atoms with Gasteiger partial charge in [-0.2, -0.15) is 0 Å². The summed E-state index contributed by atoms with van der Waals surface area (Å²) in [5.74, 6) is 0.285. The molecule has 0 spiro atoms. The summed E-state index contributed by atoms with van der Waals surface area (Å²) in [5, 5.41) is 11.0. The quantitative estimate of drug-likeness (QED) is 0.645. The van der Waals surface area contributed by atoms with E-state index in [1.54, 1.807) is 6.07 Å². The van der Waals surface area contributed by atoms with E-state index in [0.29, 0.717) is 0 Å². The van der Waals surface area contributed by atoms with Crippen molar-refractivity contribution < 1.29 is 9.66 Å². The van der Waals surface area contributed by atoms with Crippen LogP contribution >= 0.6 is 0 Å². The maximum atomic E-state index is 11.0. The van der Waals surface area contributed by atoms with E-state index in [1.165, 1.54) is 6.07 Å². The van der Waals surface area contributed by atoms with Gasteiger partial charge in [0.25, 0.3) is 0 Å². The van der Waals surface area contributed by atoms with Crippen LogP contribution in [0, 0.1) is 24.0 Å². The highest BCUT2D eigenvalue weighted by atomic mass is 16.6. The first kappa shape index (κ1) is 14.4. The van der Waals surface area contributed by atoms with Crippen LogP contribution < -0.4 is 10.5 Å². The van der Waals surface area contributed by atoms with Gasteiger partial charge in [0.05, 0.1) is 4.92 Å². The smallest absolute Gasteiger partial charge is 0.311 e. The molecule has 5 nitrogen and oxygen atoms in total. The number of hydrogen-bond donors (Lipinski definition) is 1. The SMILES string of the molecule is CCC(C)(N)COc1cc(C)c(C)cc1[N+](=O)[O-]. The van der Waals surface area contributed by atoms with E-state index in [0.717, 1.165) is 17.5 Å². The molecule has 18 heavy (non-hydrogen) atoms. The van der Waals surface area contributed by atoms with Crippen molar-refractivity contribution in [2.75, 3.05) is 6.61 Å². The van der Waals surface area contributed by atoms with E-state index in [4.69, 9.17) is 10.5 Å².